The first-order chi connectivity index (χ1) is 10.3. The van der Waals surface area contributed by atoms with Crippen molar-refractivity contribution in [1.82, 2.24) is 19.4 Å². The number of piperazine rings is 1. The van der Waals surface area contributed by atoms with Crippen LogP contribution in [0.2, 0.25) is 0 Å². The summed E-state index contributed by atoms with van der Waals surface area (Å²) in [4.78, 5) is 28.0. The highest BCUT2D eigenvalue weighted by molar-refractivity contribution is 7.91. The maximum absolute atomic E-state index is 12.7. The van der Waals surface area contributed by atoms with Crippen LogP contribution in [0, 0.1) is 6.92 Å². The van der Waals surface area contributed by atoms with Crippen molar-refractivity contribution in [2.24, 2.45) is 0 Å². The Kier molecular flexibility index (Phi) is 3.68. The minimum atomic E-state index is -3.26. The summed E-state index contributed by atoms with van der Waals surface area (Å²) in [6, 6.07) is -0.946. The molecule has 2 atom stereocenters. The van der Waals surface area contributed by atoms with Gasteiger partial charge in [-0.15, -0.1) is 5.10 Å². The van der Waals surface area contributed by atoms with Crippen molar-refractivity contribution in [3.05, 3.63) is 10.6 Å². The van der Waals surface area contributed by atoms with Crippen LogP contribution in [0.15, 0.2) is 0 Å². The van der Waals surface area contributed by atoms with Crippen molar-refractivity contribution in [1.29, 1.82) is 0 Å². The fourth-order valence-corrected chi connectivity index (χ4v) is 5.75. The van der Waals surface area contributed by atoms with Crippen LogP contribution < -0.4 is 0 Å². The van der Waals surface area contributed by atoms with Crippen molar-refractivity contribution in [3.63, 3.8) is 0 Å². The number of carbonyl (C=O) groups is 2. The van der Waals surface area contributed by atoms with E-state index in [1.54, 1.807) is 16.7 Å². The van der Waals surface area contributed by atoms with E-state index in [-0.39, 0.29) is 23.3 Å². The number of rotatable bonds is 1. The van der Waals surface area contributed by atoms with E-state index in [1.807, 2.05) is 0 Å². The van der Waals surface area contributed by atoms with Gasteiger partial charge in [-0.1, -0.05) is 4.49 Å². The normalized spacial score (nSPS) is 26.8. The quantitative estimate of drug-likeness (QED) is 0.669. The number of carbonyl (C=O) groups excluding carboxylic acids is 2. The summed E-state index contributed by atoms with van der Waals surface area (Å²) in [7, 11) is -3.26. The fraction of sp³-hybridized carbons (Fsp3) is 0.667. The van der Waals surface area contributed by atoms with Gasteiger partial charge in [0.2, 0.25) is 5.91 Å². The van der Waals surface area contributed by atoms with Crippen LogP contribution in [-0.2, 0) is 14.6 Å². The number of hydrogen-bond donors (Lipinski definition) is 0. The molecular formula is C12H16N4O4S2. The number of sulfone groups is 1. The Morgan fingerprint density at radius 2 is 1.77 bits per heavy atom. The Morgan fingerprint density at radius 1 is 1.18 bits per heavy atom. The second-order valence-electron chi connectivity index (χ2n) is 5.61. The van der Waals surface area contributed by atoms with Crippen LogP contribution in [0.1, 0.15) is 22.3 Å². The molecule has 0 aliphatic carbocycles. The lowest BCUT2D eigenvalue weighted by atomic mass is 10.0. The second kappa shape index (κ2) is 5.27. The highest BCUT2D eigenvalue weighted by Gasteiger charge is 2.49. The molecule has 10 heteroatoms. The second-order valence-corrected chi connectivity index (χ2v) is 8.52. The molecule has 0 spiro atoms. The SMILES string of the molecule is CC(=O)N1CCN(C(=O)c2snnc2C)[C@H]2CS(=O)(=O)C[C@H]21. The standard InChI is InChI=1S/C12H16N4O4S2/c1-7-11(21-14-13-7)12(18)16-4-3-15(8(2)17)9-5-22(19,20)6-10(9)16/h9-10H,3-6H2,1-2H3/t9-,10+/m1/s1. The van der Waals surface area contributed by atoms with E-state index in [9.17, 15) is 18.0 Å². The van der Waals surface area contributed by atoms with Gasteiger partial charge in [0.1, 0.15) is 4.88 Å². The number of aromatic nitrogens is 2. The van der Waals surface area contributed by atoms with Crippen LogP contribution in [0.5, 0.6) is 0 Å². The third kappa shape index (κ3) is 2.50. The molecule has 3 rings (SSSR count). The molecule has 1 aromatic rings. The zero-order valence-electron chi connectivity index (χ0n) is 12.2. The summed E-state index contributed by atoms with van der Waals surface area (Å²) >= 11 is 1.01. The number of aryl methyl sites for hydroxylation is 1. The lowest BCUT2D eigenvalue weighted by molar-refractivity contribution is -0.133. The van der Waals surface area contributed by atoms with Crippen LogP contribution in [0.25, 0.3) is 0 Å². The summed E-state index contributed by atoms with van der Waals surface area (Å²) in [5.41, 5.74) is 0.543. The first-order valence-electron chi connectivity index (χ1n) is 6.88. The van der Waals surface area contributed by atoms with E-state index >= 15 is 0 Å². The minimum absolute atomic E-state index is 0.0824. The van der Waals surface area contributed by atoms with Crippen molar-refractivity contribution < 1.29 is 18.0 Å². The smallest absolute Gasteiger partial charge is 0.267 e. The lowest BCUT2D eigenvalue weighted by Gasteiger charge is -2.43. The molecule has 2 saturated heterocycles. The van der Waals surface area contributed by atoms with Gasteiger partial charge < -0.3 is 9.80 Å². The first-order valence-corrected chi connectivity index (χ1v) is 9.47. The first kappa shape index (κ1) is 15.3. The molecule has 3 heterocycles. The van der Waals surface area contributed by atoms with E-state index in [0.717, 1.165) is 11.5 Å². The van der Waals surface area contributed by atoms with Gasteiger partial charge >= 0.3 is 0 Å². The lowest BCUT2D eigenvalue weighted by Crippen LogP contribution is -2.61. The molecule has 0 aromatic carbocycles. The molecule has 0 unspecified atom stereocenters. The number of nitrogens with zero attached hydrogens (tertiary/aromatic N) is 4. The Hall–Kier alpha value is -1.55. The molecule has 0 bridgehead atoms. The number of fused-ring (bicyclic) bond motifs is 1. The van der Waals surface area contributed by atoms with Crippen molar-refractivity contribution in [3.8, 4) is 0 Å². The van der Waals surface area contributed by atoms with Crippen molar-refractivity contribution in [2.75, 3.05) is 24.6 Å². The molecule has 0 radical (unpaired) electrons. The molecule has 120 valence electrons. The van der Waals surface area contributed by atoms with Gasteiger partial charge in [-0.2, -0.15) is 0 Å². The number of hydrogen-bond acceptors (Lipinski definition) is 7. The molecule has 22 heavy (non-hydrogen) atoms. The third-order valence-electron chi connectivity index (χ3n) is 4.19. The highest BCUT2D eigenvalue weighted by atomic mass is 32.2. The monoisotopic (exact) mass is 344 g/mol. The van der Waals surface area contributed by atoms with Crippen molar-refractivity contribution in [2.45, 2.75) is 25.9 Å². The molecule has 2 aliphatic rings. The third-order valence-corrected chi connectivity index (χ3v) is 6.70. The maximum Gasteiger partial charge on any atom is 0.267 e. The van der Waals surface area contributed by atoms with E-state index in [4.69, 9.17) is 0 Å². The fourth-order valence-electron chi connectivity index (χ4n) is 3.15. The van der Waals surface area contributed by atoms with E-state index < -0.39 is 21.9 Å². The summed E-state index contributed by atoms with van der Waals surface area (Å²) in [6.45, 7) is 3.80. The van der Waals surface area contributed by atoms with E-state index in [2.05, 4.69) is 9.59 Å². The summed E-state index contributed by atoms with van der Waals surface area (Å²) in [5, 5.41) is 3.83. The van der Waals surface area contributed by atoms with Crippen LogP contribution in [0.4, 0.5) is 0 Å². The molecule has 2 aliphatic heterocycles. The highest BCUT2D eigenvalue weighted by Crippen LogP contribution is 2.29. The van der Waals surface area contributed by atoms with Gasteiger partial charge in [0.25, 0.3) is 5.91 Å². The van der Waals surface area contributed by atoms with Crippen LogP contribution in [0.3, 0.4) is 0 Å². The average Bonchev–Trinajstić information content (AvgIpc) is 2.98. The molecule has 2 fully saturated rings. The van der Waals surface area contributed by atoms with Gasteiger partial charge in [0.15, 0.2) is 9.84 Å². The largest absolute Gasteiger partial charge is 0.335 e. The van der Waals surface area contributed by atoms with Gasteiger partial charge in [-0.05, 0) is 18.5 Å². The van der Waals surface area contributed by atoms with Gasteiger partial charge in [-0.3, -0.25) is 9.59 Å². The summed E-state index contributed by atoms with van der Waals surface area (Å²) in [5.74, 6) is -0.586. The predicted octanol–water partition coefficient (Wildman–Crippen LogP) is -0.684. The Balaban J connectivity index is 1.93. The molecule has 8 nitrogen and oxygen atoms in total. The molecular weight excluding hydrogens is 328 g/mol. The van der Waals surface area contributed by atoms with Crippen LogP contribution >= 0.6 is 11.5 Å². The zero-order valence-corrected chi connectivity index (χ0v) is 13.9. The molecule has 2 amide bonds. The minimum Gasteiger partial charge on any atom is -0.335 e. The molecule has 1 aromatic heterocycles. The van der Waals surface area contributed by atoms with E-state index in [0.29, 0.717) is 23.7 Å². The molecule has 0 N–H and O–H groups in total. The average molecular weight is 344 g/mol. The summed E-state index contributed by atoms with van der Waals surface area (Å²) in [6.07, 6.45) is 0. The Bertz CT molecular complexity index is 729. The topological polar surface area (TPSA) is 101 Å². The van der Waals surface area contributed by atoms with Gasteiger partial charge in [-0.25, -0.2) is 8.42 Å². The Labute approximate surface area is 132 Å². The summed E-state index contributed by atoms with van der Waals surface area (Å²) < 4.78 is 27.7. The van der Waals surface area contributed by atoms with Gasteiger partial charge in [0, 0.05) is 20.0 Å². The Morgan fingerprint density at radius 3 is 2.32 bits per heavy atom. The maximum atomic E-state index is 12.7. The number of amides is 2. The molecule has 0 saturated carbocycles. The van der Waals surface area contributed by atoms with Crippen LogP contribution in [-0.4, -0.2) is 76.3 Å². The van der Waals surface area contributed by atoms with Crippen molar-refractivity contribution >= 4 is 33.2 Å². The zero-order chi connectivity index (χ0) is 16.1. The predicted molar refractivity (Wildman–Crippen MR) is 79.3 cm³/mol. The van der Waals surface area contributed by atoms with Gasteiger partial charge in [0.05, 0.1) is 29.3 Å². The van der Waals surface area contributed by atoms with E-state index in [1.165, 1.54) is 6.92 Å².